The number of thiophene rings is 1. The van der Waals surface area contributed by atoms with Crippen LogP contribution in [0.15, 0.2) is 46.2 Å². The van der Waals surface area contributed by atoms with E-state index < -0.39 is 0 Å². The molecule has 1 unspecified atom stereocenters. The Morgan fingerprint density at radius 1 is 1.22 bits per heavy atom. The van der Waals surface area contributed by atoms with Crippen LogP contribution in [0.4, 0.5) is 0 Å². The molecule has 2 nitrogen and oxygen atoms in total. The highest BCUT2D eigenvalue weighted by Crippen LogP contribution is 2.30. The van der Waals surface area contributed by atoms with E-state index in [0.29, 0.717) is 0 Å². The van der Waals surface area contributed by atoms with E-state index in [2.05, 4.69) is 48.0 Å². The molecule has 0 saturated heterocycles. The Balaban J connectivity index is 2.07. The van der Waals surface area contributed by atoms with Crippen molar-refractivity contribution in [3.63, 3.8) is 0 Å². The van der Waals surface area contributed by atoms with Crippen molar-refractivity contribution in [2.75, 3.05) is 7.05 Å². The first-order chi connectivity index (χ1) is 8.78. The lowest BCUT2D eigenvalue weighted by Gasteiger charge is -2.10. The minimum absolute atomic E-state index is 0.137. The fourth-order valence-electron chi connectivity index (χ4n) is 2.21. The van der Waals surface area contributed by atoms with Gasteiger partial charge >= 0.3 is 0 Å². The molecule has 1 aromatic carbocycles. The fraction of sp³-hybridized carbons (Fsp3) is 0.200. The maximum Gasteiger partial charge on any atom is 0.134 e. The van der Waals surface area contributed by atoms with Gasteiger partial charge in [0.05, 0.1) is 0 Å². The first-order valence-electron chi connectivity index (χ1n) is 5.98. The van der Waals surface area contributed by atoms with Crippen LogP contribution < -0.4 is 5.32 Å². The maximum atomic E-state index is 5.94. The Morgan fingerprint density at radius 3 is 2.83 bits per heavy atom. The van der Waals surface area contributed by atoms with Gasteiger partial charge in [0.25, 0.3) is 0 Å². The zero-order valence-electron chi connectivity index (χ0n) is 10.4. The van der Waals surface area contributed by atoms with Gasteiger partial charge in [-0.25, -0.2) is 0 Å². The van der Waals surface area contributed by atoms with Crippen LogP contribution in [0.25, 0.3) is 11.0 Å². The summed E-state index contributed by atoms with van der Waals surface area (Å²) < 4.78 is 5.94. The van der Waals surface area contributed by atoms with E-state index in [1.54, 1.807) is 11.3 Å². The predicted molar refractivity (Wildman–Crippen MR) is 76.2 cm³/mol. The topological polar surface area (TPSA) is 25.2 Å². The van der Waals surface area contributed by atoms with Crippen molar-refractivity contribution in [2.24, 2.45) is 0 Å². The summed E-state index contributed by atoms with van der Waals surface area (Å²) in [5.74, 6) is 0.973. The summed E-state index contributed by atoms with van der Waals surface area (Å²) in [6.45, 7) is 2.10. The van der Waals surface area contributed by atoms with Gasteiger partial charge in [-0.3, -0.25) is 0 Å². The maximum absolute atomic E-state index is 5.94. The summed E-state index contributed by atoms with van der Waals surface area (Å²) in [6.07, 6.45) is 0. The van der Waals surface area contributed by atoms with E-state index in [9.17, 15) is 0 Å². The van der Waals surface area contributed by atoms with Crippen LogP contribution in [0.5, 0.6) is 0 Å². The molecule has 3 heteroatoms. The molecule has 0 aliphatic heterocycles. The van der Waals surface area contributed by atoms with Crippen LogP contribution in [0.2, 0.25) is 0 Å². The third-order valence-corrected chi connectivity index (χ3v) is 4.03. The van der Waals surface area contributed by atoms with Gasteiger partial charge in [-0.05, 0) is 43.6 Å². The molecule has 0 radical (unpaired) electrons. The van der Waals surface area contributed by atoms with Crippen molar-refractivity contribution >= 4 is 22.3 Å². The van der Waals surface area contributed by atoms with Gasteiger partial charge in [0.15, 0.2) is 0 Å². The zero-order valence-corrected chi connectivity index (χ0v) is 11.3. The molecule has 0 spiro atoms. The molecule has 3 rings (SSSR count). The van der Waals surface area contributed by atoms with Gasteiger partial charge in [-0.1, -0.05) is 17.7 Å². The minimum atomic E-state index is 0.137. The van der Waals surface area contributed by atoms with E-state index >= 15 is 0 Å². The average molecular weight is 257 g/mol. The lowest BCUT2D eigenvalue weighted by molar-refractivity contribution is 0.495. The van der Waals surface area contributed by atoms with Gasteiger partial charge < -0.3 is 9.73 Å². The summed E-state index contributed by atoms with van der Waals surface area (Å²) in [7, 11) is 1.96. The number of hydrogen-bond acceptors (Lipinski definition) is 3. The summed E-state index contributed by atoms with van der Waals surface area (Å²) >= 11 is 1.74. The number of rotatable bonds is 3. The Kier molecular flexibility index (Phi) is 2.94. The molecule has 92 valence electrons. The first kappa shape index (κ1) is 11.5. The lowest BCUT2D eigenvalue weighted by Crippen LogP contribution is -2.15. The van der Waals surface area contributed by atoms with Gasteiger partial charge in [-0.2, -0.15) is 0 Å². The van der Waals surface area contributed by atoms with Gasteiger partial charge in [-0.15, -0.1) is 11.3 Å². The van der Waals surface area contributed by atoms with Crippen molar-refractivity contribution in [3.05, 3.63) is 58.0 Å². The second-order valence-electron chi connectivity index (χ2n) is 4.43. The minimum Gasteiger partial charge on any atom is -0.459 e. The number of aryl methyl sites for hydroxylation is 1. The van der Waals surface area contributed by atoms with Gasteiger partial charge in [0.2, 0.25) is 0 Å². The molecule has 0 aliphatic rings. The molecular weight excluding hydrogens is 242 g/mol. The summed E-state index contributed by atoms with van der Waals surface area (Å²) in [4.78, 5) is 1.27. The molecule has 0 aliphatic carbocycles. The number of hydrogen-bond donors (Lipinski definition) is 1. The Labute approximate surface area is 110 Å². The van der Waals surface area contributed by atoms with Crippen LogP contribution in [0.3, 0.4) is 0 Å². The summed E-state index contributed by atoms with van der Waals surface area (Å²) in [5.41, 5.74) is 2.21. The largest absolute Gasteiger partial charge is 0.459 e. The van der Waals surface area contributed by atoms with Crippen molar-refractivity contribution in [1.82, 2.24) is 5.32 Å². The van der Waals surface area contributed by atoms with Crippen molar-refractivity contribution in [3.8, 4) is 0 Å². The predicted octanol–water partition coefficient (Wildman–Crippen LogP) is 4.11. The molecule has 0 amide bonds. The molecule has 0 saturated carbocycles. The van der Waals surface area contributed by atoms with Crippen LogP contribution in [-0.2, 0) is 0 Å². The van der Waals surface area contributed by atoms with Crippen molar-refractivity contribution in [2.45, 2.75) is 13.0 Å². The van der Waals surface area contributed by atoms with E-state index in [1.165, 1.54) is 15.8 Å². The van der Waals surface area contributed by atoms with Crippen LogP contribution >= 0.6 is 11.3 Å². The SMILES string of the molecule is CNC(c1cc2cc(C)ccc2o1)c1cccs1. The number of benzene rings is 1. The number of furan rings is 1. The monoisotopic (exact) mass is 257 g/mol. The van der Waals surface area contributed by atoms with E-state index in [0.717, 1.165) is 11.3 Å². The summed E-state index contributed by atoms with van der Waals surface area (Å²) in [5, 5.41) is 6.57. The molecule has 0 bridgehead atoms. The number of fused-ring (bicyclic) bond motifs is 1. The fourth-order valence-corrected chi connectivity index (χ4v) is 3.05. The van der Waals surface area contributed by atoms with Crippen LogP contribution in [-0.4, -0.2) is 7.05 Å². The molecule has 0 fully saturated rings. The summed E-state index contributed by atoms with van der Waals surface area (Å²) in [6, 6.07) is 12.7. The van der Waals surface area contributed by atoms with Crippen molar-refractivity contribution < 1.29 is 4.42 Å². The average Bonchev–Trinajstić information content (AvgIpc) is 2.98. The lowest BCUT2D eigenvalue weighted by atomic mass is 10.1. The van der Waals surface area contributed by atoms with E-state index in [4.69, 9.17) is 4.42 Å². The third-order valence-electron chi connectivity index (χ3n) is 3.09. The third kappa shape index (κ3) is 1.96. The highest BCUT2D eigenvalue weighted by Gasteiger charge is 2.17. The van der Waals surface area contributed by atoms with Crippen molar-refractivity contribution in [1.29, 1.82) is 0 Å². The van der Waals surface area contributed by atoms with Crippen LogP contribution in [0.1, 0.15) is 22.2 Å². The first-order valence-corrected chi connectivity index (χ1v) is 6.86. The van der Waals surface area contributed by atoms with E-state index in [-0.39, 0.29) is 6.04 Å². The van der Waals surface area contributed by atoms with Crippen LogP contribution in [0, 0.1) is 6.92 Å². The quantitative estimate of drug-likeness (QED) is 0.763. The second kappa shape index (κ2) is 4.59. The molecule has 2 aromatic heterocycles. The number of nitrogens with one attached hydrogen (secondary N) is 1. The molecule has 1 N–H and O–H groups in total. The highest BCUT2D eigenvalue weighted by atomic mass is 32.1. The zero-order chi connectivity index (χ0) is 12.5. The normalized spacial score (nSPS) is 13.0. The van der Waals surface area contributed by atoms with Gasteiger partial charge in [0.1, 0.15) is 17.4 Å². The highest BCUT2D eigenvalue weighted by molar-refractivity contribution is 7.10. The standard InChI is InChI=1S/C15H15NOS/c1-10-5-6-12-11(8-10)9-13(17-12)15(16-2)14-4-3-7-18-14/h3-9,15-16H,1-2H3. The molecular formula is C15H15NOS. The van der Waals surface area contributed by atoms with Gasteiger partial charge in [0, 0.05) is 10.3 Å². The smallest absolute Gasteiger partial charge is 0.134 e. The van der Waals surface area contributed by atoms with E-state index in [1.807, 2.05) is 13.1 Å². The molecule has 1 atom stereocenters. The Morgan fingerprint density at radius 2 is 2.11 bits per heavy atom. The Bertz CT molecular complexity index is 654. The molecule has 2 heterocycles. The second-order valence-corrected chi connectivity index (χ2v) is 5.41. The Hall–Kier alpha value is -1.58. The molecule has 3 aromatic rings. The molecule has 18 heavy (non-hydrogen) atoms.